The van der Waals surface area contributed by atoms with Gasteiger partial charge in [-0.15, -0.1) is 26.3 Å². The van der Waals surface area contributed by atoms with Gasteiger partial charge in [-0.3, -0.25) is 4.79 Å². The Morgan fingerprint density at radius 3 is 1.57 bits per heavy atom. The van der Waals surface area contributed by atoms with Crippen LogP contribution in [-0.4, -0.2) is 37.0 Å². The van der Waals surface area contributed by atoms with Crippen LogP contribution < -0.4 is 11.1 Å². The van der Waals surface area contributed by atoms with Gasteiger partial charge >= 0.3 is 0 Å². The average molecular weight is 707 g/mol. The maximum absolute atomic E-state index is 12.8. The summed E-state index contributed by atoms with van der Waals surface area (Å²) in [5.74, 6) is 60.0. The molecule has 0 radical (unpaired) electrons. The lowest BCUT2D eigenvalue weighted by Crippen LogP contribution is -2.52. The molecule has 1 rings (SSSR count). The van der Waals surface area contributed by atoms with Crippen LogP contribution in [0.1, 0.15) is 52.4 Å². The van der Waals surface area contributed by atoms with Gasteiger partial charge in [-0.05, 0) is 120 Å². The summed E-state index contributed by atoms with van der Waals surface area (Å²) in [4.78, 5) is 12.8. The minimum absolute atomic E-state index is 0.00885. The molecule has 0 spiro atoms. The highest BCUT2D eigenvalue weighted by Gasteiger charge is 2.42. The van der Waals surface area contributed by atoms with Crippen LogP contribution in [0.5, 0.6) is 0 Å². The summed E-state index contributed by atoms with van der Waals surface area (Å²) in [5.41, 5.74) is 6.57. The van der Waals surface area contributed by atoms with E-state index in [-0.39, 0.29) is 36.5 Å². The third kappa shape index (κ3) is 20.0. The number of hydrogen-bond acceptors (Lipinski definition) is 4. The number of nitrogens with two attached hydrogens (primary N) is 1. The van der Waals surface area contributed by atoms with Gasteiger partial charge < -0.3 is 20.5 Å². The Hall–Kier alpha value is -6.97. The quantitative estimate of drug-likeness (QED) is 0.149. The zero-order valence-electron chi connectivity index (χ0n) is 30.9. The van der Waals surface area contributed by atoms with Crippen molar-refractivity contribution in [2.24, 2.45) is 23.5 Å². The molecule has 1 amide bonds. The molecule has 2 unspecified atom stereocenters. The van der Waals surface area contributed by atoms with Gasteiger partial charge in [0.2, 0.25) is 0 Å². The molecule has 266 valence electrons. The third-order valence-electron chi connectivity index (χ3n) is 7.43. The van der Waals surface area contributed by atoms with E-state index in [0.717, 1.165) is 25.7 Å². The van der Waals surface area contributed by atoms with E-state index in [1.165, 1.54) is 0 Å². The molecule has 5 heteroatoms. The number of amides is 1. The Bertz CT molecular complexity index is 2140. The SMILES string of the molecule is C=CCC1O[C@H](OC[C@H](NC(=O)C#CC#CC#CC#CC#CC#CC#CC#CC#CC#CC#CC#CC)[C@H](N)CCCCCC)C(C=C)[C@@H](C=C)[C@H]1C=C. The van der Waals surface area contributed by atoms with Crippen molar-refractivity contribution in [1.82, 2.24) is 5.32 Å². The van der Waals surface area contributed by atoms with Gasteiger partial charge in [0.1, 0.15) is 0 Å². The molecule has 0 aliphatic carbocycles. The first-order valence-electron chi connectivity index (χ1n) is 17.2. The second-order valence-corrected chi connectivity index (χ2v) is 11.1. The average Bonchev–Trinajstić information content (AvgIpc) is 3.17. The van der Waals surface area contributed by atoms with Gasteiger partial charge in [-0.25, -0.2) is 0 Å². The van der Waals surface area contributed by atoms with Crippen molar-refractivity contribution in [1.29, 1.82) is 0 Å². The fraction of sp³-hybridized carbons (Fsp3) is 0.327. The highest BCUT2D eigenvalue weighted by Crippen LogP contribution is 2.39. The summed E-state index contributed by atoms with van der Waals surface area (Å²) in [6.45, 7) is 19.9. The van der Waals surface area contributed by atoms with Gasteiger partial charge in [0.25, 0.3) is 5.91 Å². The van der Waals surface area contributed by atoms with Crippen molar-refractivity contribution in [2.75, 3.05) is 6.61 Å². The molecule has 0 bridgehead atoms. The molecule has 0 aromatic heterocycles. The minimum Gasteiger partial charge on any atom is -0.350 e. The van der Waals surface area contributed by atoms with Crippen LogP contribution in [0.15, 0.2) is 50.6 Å². The van der Waals surface area contributed by atoms with Crippen LogP contribution in [-0.2, 0) is 14.3 Å². The highest BCUT2D eigenvalue weighted by atomic mass is 16.7. The number of carbonyl (C=O) groups excluding carboxylic acids is 1. The van der Waals surface area contributed by atoms with Crippen LogP contribution in [0, 0.1) is 160 Å². The first kappa shape index (κ1) is 45.1. The molecule has 1 saturated heterocycles. The van der Waals surface area contributed by atoms with E-state index in [1.807, 2.05) is 24.3 Å². The Labute approximate surface area is 324 Å². The van der Waals surface area contributed by atoms with E-state index in [9.17, 15) is 4.79 Å². The van der Waals surface area contributed by atoms with Gasteiger partial charge in [0.05, 0.1) is 18.8 Å². The molecule has 0 aromatic rings. The Morgan fingerprint density at radius 1 is 0.685 bits per heavy atom. The fourth-order valence-electron chi connectivity index (χ4n) is 4.92. The van der Waals surface area contributed by atoms with E-state index >= 15 is 0 Å². The van der Waals surface area contributed by atoms with Crippen LogP contribution in [0.3, 0.4) is 0 Å². The zero-order chi connectivity index (χ0) is 39.5. The molecule has 7 atom stereocenters. The molecule has 1 aliphatic rings. The summed E-state index contributed by atoms with van der Waals surface area (Å²) < 4.78 is 12.7. The van der Waals surface area contributed by atoms with Crippen molar-refractivity contribution < 1.29 is 14.3 Å². The number of unbranched alkanes of at least 4 members (excludes halogenated alkanes) is 3. The van der Waals surface area contributed by atoms with Gasteiger partial charge in [0, 0.05) is 59.3 Å². The highest BCUT2D eigenvalue weighted by molar-refractivity contribution is 5.94. The van der Waals surface area contributed by atoms with Crippen LogP contribution in [0.2, 0.25) is 0 Å². The molecule has 3 N–H and O–H groups in total. The van der Waals surface area contributed by atoms with E-state index < -0.39 is 18.2 Å². The van der Waals surface area contributed by atoms with E-state index in [2.05, 4.69) is 181 Å². The molecule has 0 aromatic carbocycles. The van der Waals surface area contributed by atoms with Crippen LogP contribution >= 0.6 is 0 Å². The predicted molar refractivity (Wildman–Crippen MR) is 218 cm³/mol. The van der Waals surface area contributed by atoms with Crippen molar-refractivity contribution >= 4 is 5.91 Å². The molecule has 1 heterocycles. The molecular formula is C49H42N2O3. The first-order chi connectivity index (χ1) is 26.5. The van der Waals surface area contributed by atoms with Crippen molar-refractivity contribution in [2.45, 2.75) is 76.9 Å². The standard InChI is InChI=1S/C49H42N2O3/c1-7-13-15-17-18-19-20-21-22-23-24-25-26-27-28-29-30-31-32-33-34-35-37-40-48(52)51-46(45(50)39-36-16-14-8-2)41-53-49-44(12-6)42(10-4)43(11-5)47(54-49)38-9-3/h9-12,42-47,49H,3-6,8,14,16,36,38-39,41,50H2,1-2H3,(H,51,52)/t42-,43+,44?,45+,46-,47?,49-/m0/s1. The third-order valence-corrected chi connectivity index (χ3v) is 7.43. The lowest BCUT2D eigenvalue weighted by Gasteiger charge is -2.44. The zero-order valence-corrected chi connectivity index (χ0v) is 30.9. The van der Waals surface area contributed by atoms with Crippen molar-refractivity contribution in [3.05, 3.63) is 50.6 Å². The molecular weight excluding hydrogens is 665 g/mol. The summed E-state index contributed by atoms with van der Waals surface area (Å²) in [7, 11) is 0. The topological polar surface area (TPSA) is 73.6 Å². The minimum atomic E-state index is -0.619. The second-order valence-electron chi connectivity index (χ2n) is 11.1. The summed E-state index contributed by atoms with van der Waals surface area (Å²) in [6, 6.07) is -0.877. The maximum Gasteiger partial charge on any atom is 0.297 e. The number of carbonyl (C=O) groups is 1. The molecule has 5 nitrogen and oxygen atoms in total. The number of allylic oxidation sites excluding steroid dienone is 1. The Balaban J connectivity index is 2.83. The molecule has 1 aliphatic heterocycles. The number of nitrogens with one attached hydrogen (secondary N) is 1. The van der Waals surface area contributed by atoms with E-state index in [4.69, 9.17) is 15.2 Å². The van der Waals surface area contributed by atoms with Crippen molar-refractivity contribution in [3.8, 4) is 142 Å². The Morgan fingerprint density at radius 2 is 1.15 bits per heavy atom. The van der Waals surface area contributed by atoms with E-state index in [1.54, 1.807) is 6.92 Å². The monoisotopic (exact) mass is 706 g/mol. The van der Waals surface area contributed by atoms with Crippen molar-refractivity contribution in [3.63, 3.8) is 0 Å². The number of rotatable bonds is 15. The number of hydrogen-bond donors (Lipinski definition) is 2. The lowest BCUT2D eigenvalue weighted by atomic mass is 9.75. The lowest BCUT2D eigenvalue weighted by molar-refractivity contribution is -0.235. The smallest absolute Gasteiger partial charge is 0.297 e. The number of ether oxygens (including phenoxy) is 2. The Kier molecular flexibility index (Phi) is 25.7. The first-order valence-corrected chi connectivity index (χ1v) is 17.2. The van der Waals surface area contributed by atoms with Gasteiger partial charge in [-0.1, -0.05) is 62.8 Å². The largest absolute Gasteiger partial charge is 0.350 e. The van der Waals surface area contributed by atoms with Gasteiger partial charge in [0.15, 0.2) is 6.29 Å². The molecule has 0 saturated carbocycles. The van der Waals surface area contributed by atoms with Gasteiger partial charge in [-0.2, -0.15) is 0 Å². The second kappa shape index (κ2) is 30.8. The maximum atomic E-state index is 12.8. The normalized spacial score (nSPS) is 17.4. The van der Waals surface area contributed by atoms with Crippen LogP contribution in [0.25, 0.3) is 0 Å². The van der Waals surface area contributed by atoms with E-state index in [0.29, 0.717) is 12.8 Å². The molecule has 54 heavy (non-hydrogen) atoms. The summed E-state index contributed by atoms with van der Waals surface area (Å²) in [6.07, 6.45) is 12.1. The summed E-state index contributed by atoms with van der Waals surface area (Å²) in [5, 5.41) is 2.90. The summed E-state index contributed by atoms with van der Waals surface area (Å²) >= 11 is 0. The fourth-order valence-corrected chi connectivity index (χ4v) is 4.92. The predicted octanol–water partition coefficient (Wildman–Crippen LogP) is 4.55. The van der Waals surface area contributed by atoms with Crippen LogP contribution in [0.4, 0.5) is 0 Å². The molecule has 1 fully saturated rings.